The predicted octanol–water partition coefficient (Wildman–Crippen LogP) is 2.40. The quantitative estimate of drug-likeness (QED) is 0.858. The molecule has 1 aliphatic rings. The molecular formula is C16H21N3O. The van der Waals surface area contributed by atoms with E-state index in [1.165, 1.54) is 5.56 Å². The normalized spacial score (nSPS) is 17.5. The Hall–Kier alpha value is -1.65. The van der Waals surface area contributed by atoms with Crippen LogP contribution in [0.1, 0.15) is 11.3 Å². The zero-order valence-corrected chi connectivity index (χ0v) is 12.2. The second-order valence-corrected chi connectivity index (χ2v) is 5.51. The van der Waals surface area contributed by atoms with Gasteiger partial charge < -0.3 is 9.42 Å². The topological polar surface area (TPSA) is 32.5 Å². The van der Waals surface area contributed by atoms with Crippen LogP contribution in [-0.2, 0) is 6.54 Å². The molecule has 0 unspecified atom stereocenters. The third-order valence-electron chi connectivity index (χ3n) is 4.01. The van der Waals surface area contributed by atoms with E-state index in [1.807, 2.05) is 25.1 Å². The first-order valence-corrected chi connectivity index (χ1v) is 7.15. The highest BCUT2D eigenvalue weighted by Gasteiger charge is 2.20. The summed E-state index contributed by atoms with van der Waals surface area (Å²) >= 11 is 0. The van der Waals surface area contributed by atoms with Crippen molar-refractivity contribution in [2.75, 3.05) is 33.2 Å². The Morgan fingerprint density at radius 3 is 2.50 bits per heavy atom. The average Bonchev–Trinajstić information content (AvgIpc) is 2.84. The molecule has 4 nitrogen and oxygen atoms in total. The highest BCUT2D eigenvalue weighted by atomic mass is 16.5. The summed E-state index contributed by atoms with van der Waals surface area (Å²) in [6.07, 6.45) is 0. The molecule has 1 aromatic heterocycles. The van der Waals surface area contributed by atoms with Crippen LogP contribution in [0.2, 0.25) is 0 Å². The van der Waals surface area contributed by atoms with Crippen molar-refractivity contribution >= 4 is 0 Å². The Balaban J connectivity index is 1.81. The van der Waals surface area contributed by atoms with Crippen LogP contribution in [0.3, 0.4) is 0 Å². The molecule has 20 heavy (non-hydrogen) atoms. The second kappa shape index (κ2) is 5.77. The van der Waals surface area contributed by atoms with Crippen LogP contribution >= 0.6 is 0 Å². The summed E-state index contributed by atoms with van der Waals surface area (Å²) in [5, 5.41) is 4.25. The molecule has 1 aromatic carbocycles. The SMILES string of the molecule is Cc1onc(-c2ccccc2)c1CN1CCN(C)CC1. The van der Waals surface area contributed by atoms with Gasteiger partial charge in [0, 0.05) is 43.9 Å². The van der Waals surface area contributed by atoms with Crippen LogP contribution in [0.15, 0.2) is 34.9 Å². The van der Waals surface area contributed by atoms with E-state index < -0.39 is 0 Å². The average molecular weight is 271 g/mol. The molecule has 0 saturated carbocycles. The molecule has 1 saturated heterocycles. The number of rotatable bonds is 3. The van der Waals surface area contributed by atoms with E-state index in [4.69, 9.17) is 4.52 Å². The molecule has 1 fully saturated rings. The minimum Gasteiger partial charge on any atom is -0.361 e. The van der Waals surface area contributed by atoms with E-state index in [0.717, 1.165) is 49.7 Å². The summed E-state index contributed by atoms with van der Waals surface area (Å²) in [6.45, 7) is 7.40. The van der Waals surface area contributed by atoms with Crippen LogP contribution in [0.25, 0.3) is 11.3 Å². The molecule has 106 valence electrons. The number of aromatic nitrogens is 1. The fourth-order valence-electron chi connectivity index (χ4n) is 2.63. The van der Waals surface area contributed by atoms with E-state index in [0.29, 0.717) is 0 Å². The minimum atomic E-state index is 0.924. The molecule has 0 atom stereocenters. The van der Waals surface area contributed by atoms with Gasteiger partial charge in [-0.2, -0.15) is 0 Å². The number of aryl methyl sites for hydroxylation is 1. The Kier molecular flexibility index (Phi) is 3.85. The van der Waals surface area contributed by atoms with Gasteiger partial charge in [0.15, 0.2) is 0 Å². The van der Waals surface area contributed by atoms with Crippen molar-refractivity contribution in [1.82, 2.24) is 15.0 Å². The van der Waals surface area contributed by atoms with Crippen molar-refractivity contribution < 1.29 is 4.52 Å². The van der Waals surface area contributed by atoms with Gasteiger partial charge in [0.25, 0.3) is 0 Å². The first-order valence-electron chi connectivity index (χ1n) is 7.15. The highest BCUT2D eigenvalue weighted by molar-refractivity contribution is 5.63. The van der Waals surface area contributed by atoms with Crippen molar-refractivity contribution in [2.24, 2.45) is 0 Å². The lowest BCUT2D eigenvalue weighted by atomic mass is 10.1. The highest BCUT2D eigenvalue weighted by Crippen LogP contribution is 2.26. The van der Waals surface area contributed by atoms with Crippen LogP contribution < -0.4 is 0 Å². The van der Waals surface area contributed by atoms with Crippen molar-refractivity contribution in [3.8, 4) is 11.3 Å². The van der Waals surface area contributed by atoms with Gasteiger partial charge in [-0.1, -0.05) is 35.5 Å². The molecule has 0 amide bonds. The molecule has 2 aromatic rings. The van der Waals surface area contributed by atoms with Crippen LogP contribution in [0, 0.1) is 6.92 Å². The van der Waals surface area contributed by atoms with Gasteiger partial charge in [-0.25, -0.2) is 0 Å². The molecule has 0 bridgehead atoms. The molecule has 2 heterocycles. The van der Waals surface area contributed by atoms with Gasteiger partial charge in [-0.05, 0) is 14.0 Å². The summed E-state index contributed by atoms with van der Waals surface area (Å²) in [6, 6.07) is 10.3. The van der Waals surface area contributed by atoms with E-state index >= 15 is 0 Å². The van der Waals surface area contributed by atoms with Crippen molar-refractivity contribution in [3.05, 3.63) is 41.7 Å². The predicted molar refractivity (Wildman–Crippen MR) is 79.5 cm³/mol. The van der Waals surface area contributed by atoms with Gasteiger partial charge in [0.1, 0.15) is 11.5 Å². The summed E-state index contributed by atoms with van der Waals surface area (Å²) in [5.41, 5.74) is 3.34. The molecule has 0 radical (unpaired) electrons. The minimum absolute atomic E-state index is 0.924. The van der Waals surface area contributed by atoms with Crippen molar-refractivity contribution in [1.29, 1.82) is 0 Å². The van der Waals surface area contributed by atoms with E-state index in [1.54, 1.807) is 0 Å². The van der Waals surface area contributed by atoms with Crippen LogP contribution in [0.5, 0.6) is 0 Å². The fourth-order valence-corrected chi connectivity index (χ4v) is 2.63. The lowest BCUT2D eigenvalue weighted by Crippen LogP contribution is -2.43. The Morgan fingerprint density at radius 1 is 1.10 bits per heavy atom. The zero-order chi connectivity index (χ0) is 13.9. The molecule has 0 spiro atoms. The maximum Gasteiger partial charge on any atom is 0.138 e. The van der Waals surface area contributed by atoms with Crippen molar-refractivity contribution in [2.45, 2.75) is 13.5 Å². The summed E-state index contributed by atoms with van der Waals surface area (Å²) < 4.78 is 5.43. The molecule has 4 heteroatoms. The zero-order valence-electron chi connectivity index (χ0n) is 12.2. The van der Waals surface area contributed by atoms with Gasteiger partial charge in [-0.3, -0.25) is 4.90 Å². The second-order valence-electron chi connectivity index (χ2n) is 5.51. The molecule has 0 aliphatic carbocycles. The molecule has 0 N–H and O–H groups in total. The van der Waals surface area contributed by atoms with Gasteiger partial charge >= 0.3 is 0 Å². The fraction of sp³-hybridized carbons (Fsp3) is 0.438. The number of benzene rings is 1. The monoisotopic (exact) mass is 271 g/mol. The van der Waals surface area contributed by atoms with Crippen LogP contribution in [-0.4, -0.2) is 48.2 Å². The Bertz CT molecular complexity index is 556. The third-order valence-corrected chi connectivity index (χ3v) is 4.01. The smallest absolute Gasteiger partial charge is 0.138 e. The first-order chi connectivity index (χ1) is 9.74. The van der Waals surface area contributed by atoms with E-state index in [-0.39, 0.29) is 0 Å². The molecule has 3 rings (SSSR count). The Labute approximate surface area is 120 Å². The number of piperazine rings is 1. The van der Waals surface area contributed by atoms with E-state index in [2.05, 4.69) is 34.1 Å². The van der Waals surface area contributed by atoms with Gasteiger partial charge in [0.2, 0.25) is 0 Å². The van der Waals surface area contributed by atoms with Gasteiger partial charge in [0.05, 0.1) is 0 Å². The van der Waals surface area contributed by atoms with Crippen LogP contribution in [0.4, 0.5) is 0 Å². The standard InChI is InChI=1S/C16H21N3O/c1-13-15(12-19-10-8-18(2)9-11-19)16(17-20-13)14-6-4-3-5-7-14/h3-7H,8-12H2,1-2H3. The lowest BCUT2D eigenvalue weighted by Gasteiger charge is -2.32. The van der Waals surface area contributed by atoms with Gasteiger partial charge in [-0.15, -0.1) is 0 Å². The number of hydrogen-bond donors (Lipinski definition) is 0. The molecule has 1 aliphatic heterocycles. The molecular weight excluding hydrogens is 250 g/mol. The van der Waals surface area contributed by atoms with E-state index in [9.17, 15) is 0 Å². The number of nitrogens with zero attached hydrogens (tertiary/aromatic N) is 3. The first kappa shape index (κ1) is 13.3. The largest absolute Gasteiger partial charge is 0.361 e. The number of hydrogen-bond acceptors (Lipinski definition) is 4. The lowest BCUT2D eigenvalue weighted by molar-refractivity contribution is 0.148. The Morgan fingerprint density at radius 2 is 1.80 bits per heavy atom. The third kappa shape index (κ3) is 2.76. The summed E-state index contributed by atoms with van der Waals surface area (Å²) in [4.78, 5) is 4.85. The number of likely N-dealkylation sites (N-methyl/N-ethyl adjacent to an activating group) is 1. The maximum absolute atomic E-state index is 5.43. The summed E-state index contributed by atoms with van der Waals surface area (Å²) in [7, 11) is 2.18. The summed E-state index contributed by atoms with van der Waals surface area (Å²) in [5.74, 6) is 0.933. The van der Waals surface area contributed by atoms with Crippen molar-refractivity contribution in [3.63, 3.8) is 0 Å². The maximum atomic E-state index is 5.43.